The van der Waals surface area contributed by atoms with Gasteiger partial charge in [-0.25, -0.2) is 4.98 Å². The van der Waals surface area contributed by atoms with E-state index in [1.807, 2.05) is 17.5 Å². The fraction of sp³-hybridized carbons (Fsp3) is 0.0909. The van der Waals surface area contributed by atoms with Gasteiger partial charge in [-0.1, -0.05) is 54.6 Å². The molecule has 1 aromatic heterocycles. The highest BCUT2D eigenvalue weighted by molar-refractivity contribution is 7.80. The fourth-order valence-corrected chi connectivity index (χ4v) is 4.09. The average molecular weight is 435 g/mol. The third kappa shape index (κ3) is 4.79. The minimum Gasteiger partial charge on any atom is -0.362 e. The molecule has 3 aromatic carbocycles. The van der Waals surface area contributed by atoms with E-state index in [2.05, 4.69) is 45.9 Å². The van der Waals surface area contributed by atoms with Gasteiger partial charge in [0.05, 0.1) is 10.6 Å². The lowest BCUT2D eigenvalue weighted by atomic mass is 10.1. The number of thiazole rings is 1. The molecule has 4 rings (SSSR count). The highest BCUT2D eigenvalue weighted by atomic mass is 32.1. The largest absolute Gasteiger partial charge is 0.362 e. The second-order valence-corrected chi connectivity index (χ2v) is 7.92. The minimum atomic E-state index is -0.413. The molecule has 4 aromatic rings. The summed E-state index contributed by atoms with van der Waals surface area (Å²) >= 11 is 6.76. The van der Waals surface area contributed by atoms with E-state index in [1.54, 1.807) is 12.1 Å². The van der Waals surface area contributed by atoms with Gasteiger partial charge in [0.2, 0.25) is 0 Å². The summed E-state index contributed by atoms with van der Waals surface area (Å²) in [6.07, 6.45) is 0.851. The minimum absolute atomic E-state index is 0.0425. The number of rotatable bonds is 6. The Morgan fingerprint density at radius 3 is 2.73 bits per heavy atom. The zero-order valence-corrected chi connectivity index (χ0v) is 17.5. The molecule has 30 heavy (non-hydrogen) atoms. The van der Waals surface area contributed by atoms with Gasteiger partial charge in [0.25, 0.3) is 5.69 Å². The van der Waals surface area contributed by atoms with Gasteiger partial charge in [-0.2, -0.15) is 0 Å². The van der Waals surface area contributed by atoms with E-state index in [4.69, 9.17) is 12.2 Å². The van der Waals surface area contributed by atoms with E-state index in [1.165, 1.54) is 39.8 Å². The molecular formula is C22H18N4O2S2. The summed E-state index contributed by atoms with van der Waals surface area (Å²) in [4.78, 5) is 15.0. The second-order valence-electron chi connectivity index (χ2n) is 6.66. The van der Waals surface area contributed by atoms with Crippen LogP contribution in [0.2, 0.25) is 0 Å². The van der Waals surface area contributed by atoms with Crippen LogP contribution in [0, 0.1) is 10.1 Å². The summed E-state index contributed by atoms with van der Waals surface area (Å²) in [6, 6.07) is 21.2. The van der Waals surface area contributed by atoms with Crippen LogP contribution in [0.4, 0.5) is 10.8 Å². The quantitative estimate of drug-likeness (QED) is 0.240. The lowest BCUT2D eigenvalue weighted by Crippen LogP contribution is -2.30. The maximum absolute atomic E-state index is 11.0. The Balaban J connectivity index is 1.32. The molecule has 150 valence electrons. The standard InChI is InChI=1S/C22H18N4O2S2/c27-26(28)19-7-3-6-18(13-19)20-14-30-22(24-20)25-21(29)23-11-10-15-8-9-16-4-1-2-5-17(16)12-15/h1-9,12-14H,10-11H2,(H2,23,24,25,29). The van der Waals surface area contributed by atoms with E-state index >= 15 is 0 Å². The number of nitro benzene ring substituents is 1. The van der Waals surface area contributed by atoms with Crippen molar-refractivity contribution in [1.82, 2.24) is 10.3 Å². The van der Waals surface area contributed by atoms with Crippen molar-refractivity contribution in [2.24, 2.45) is 0 Å². The summed E-state index contributed by atoms with van der Waals surface area (Å²) in [5, 5.41) is 22.7. The lowest BCUT2D eigenvalue weighted by Gasteiger charge is -2.09. The SMILES string of the molecule is O=[N+]([O-])c1cccc(-c2csc(NC(=S)NCCc3ccc4ccccc4c3)n2)c1. The van der Waals surface area contributed by atoms with Crippen LogP contribution in [0.25, 0.3) is 22.0 Å². The van der Waals surface area contributed by atoms with Crippen LogP contribution in [-0.2, 0) is 6.42 Å². The van der Waals surface area contributed by atoms with Gasteiger partial charge in [-0.15, -0.1) is 11.3 Å². The molecule has 0 spiro atoms. The molecule has 8 heteroatoms. The summed E-state index contributed by atoms with van der Waals surface area (Å²) in [7, 11) is 0. The monoisotopic (exact) mass is 434 g/mol. The topological polar surface area (TPSA) is 80.1 Å². The van der Waals surface area contributed by atoms with Crippen molar-refractivity contribution in [3.8, 4) is 11.3 Å². The van der Waals surface area contributed by atoms with Crippen LogP contribution in [0.15, 0.2) is 72.1 Å². The van der Waals surface area contributed by atoms with Gasteiger partial charge in [-0.05, 0) is 35.0 Å². The number of benzene rings is 3. The number of non-ortho nitro benzene ring substituents is 1. The molecule has 0 bridgehead atoms. The van der Waals surface area contributed by atoms with Crippen LogP contribution in [0.5, 0.6) is 0 Å². The Kier molecular flexibility index (Phi) is 5.97. The van der Waals surface area contributed by atoms with Crippen LogP contribution in [0.1, 0.15) is 5.56 Å². The maximum atomic E-state index is 11.0. The van der Waals surface area contributed by atoms with Crippen molar-refractivity contribution in [3.63, 3.8) is 0 Å². The number of nitrogens with zero attached hydrogens (tertiary/aromatic N) is 2. The van der Waals surface area contributed by atoms with Crippen LogP contribution in [-0.4, -0.2) is 21.6 Å². The second kappa shape index (κ2) is 8.98. The number of hydrogen-bond acceptors (Lipinski definition) is 5. The predicted molar refractivity (Wildman–Crippen MR) is 126 cm³/mol. The molecule has 0 unspecified atom stereocenters. The molecule has 0 aliphatic heterocycles. The molecule has 0 saturated carbocycles. The zero-order valence-electron chi connectivity index (χ0n) is 15.9. The normalized spacial score (nSPS) is 10.7. The Hall–Kier alpha value is -3.36. The first-order valence-corrected chi connectivity index (χ1v) is 10.6. The molecule has 0 atom stereocenters. The fourth-order valence-electron chi connectivity index (χ4n) is 3.10. The highest BCUT2D eigenvalue weighted by Gasteiger charge is 2.10. The van der Waals surface area contributed by atoms with Crippen molar-refractivity contribution in [3.05, 3.63) is 87.8 Å². The van der Waals surface area contributed by atoms with Crippen LogP contribution < -0.4 is 10.6 Å². The molecule has 0 aliphatic rings. The lowest BCUT2D eigenvalue weighted by molar-refractivity contribution is -0.384. The van der Waals surface area contributed by atoms with Gasteiger partial charge < -0.3 is 10.6 Å². The van der Waals surface area contributed by atoms with Crippen molar-refractivity contribution in [2.45, 2.75) is 6.42 Å². The van der Waals surface area contributed by atoms with Crippen LogP contribution >= 0.6 is 23.6 Å². The molecule has 1 heterocycles. The summed E-state index contributed by atoms with van der Waals surface area (Å²) in [5.74, 6) is 0. The Morgan fingerprint density at radius 1 is 1.07 bits per heavy atom. The molecule has 0 saturated heterocycles. The number of nitro groups is 1. The summed E-state index contributed by atoms with van der Waals surface area (Å²) < 4.78 is 0. The van der Waals surface area contributed by atoms with Gasteiger partial charge in [-0.3, -0.25) is 10.1 Å². The molecule has 0 amide bonds. The maximum Gasteiger partial charge on any atom is 0.270 e. The number of fused-ring (bicyclic) bond motifs is 1. The Morgan fingerprint density at radius 2 is 1.90 bits per heavy atom. The van der Waals surface area contributed by atoms with E-state index in [0.717, 1.165) is 6.42 Å². The van der Waals surface area contributed by atoms with Gasteiger partial charge in [0, 0.05) is 29.6 Å². The average Bonchev–Trinajstić information content (AvgIpc) is 3.22. The first-order chi connectivity index (χ1) is 14.6. The van der Waals surface area contributed by atoms with Crippen molar-refractivity contribution in [2.75, 3.05) is 11.9 Å². The van der Waals surface area contributed by atoms with Crippen molar-refractivity contribution >= 4 is 50.3 Å². The smallest absolute Gasteiger partial charge is 0.270 e. The van der Waals surface area contributed by atoms with E-state index < -0.39 is 4.92 Å². The third-order valence-electron chi connectivity index (χ3n) is 4.59. The van der Waals surface area contributed by atoms with Crippen molar-refractivity contribution in [1.29, 1.82) is 0 Å². The summed E-state index contributed by atoms with van der Waals surface area (Å²) in [6.45, 7) is 0.702. The molecule has 6 nitrogen and oxygen atoms in total. The number of thiocarbonyl (C=S) groups is 1. The number of anilines is 1. The first kappa shape index (κ1) is 19.9. The van der Waals surface area contributed by atoms with E-state index in [0.29, 0.717) is 28.0 Å². The van der Waals surface area contributed by atoms with Crippen LogP contribution in [0.3, 0.4) is 0 Å². The number of hydrogen-bond donors (Lipinski definition) is 2. The molecule has 0 fully saturated rings. The molecule has 0 aliphatic carbocycles. The molecule has 2 N–H and O–H groups in total. The zero-order chi connectivity index (χ0) is 20.9. The van der Waals surface area contributed by atoms with Gasteiger partial charge in [0.15, 0.2) is 10.2 Å². The van der Waals surface area contributed by atoms with Crippen molar-refractivity contribution < 1.29 is 4.92 Å². The Labute approximate surface area is 182 Å². The highest BCUT2D eigenvalue weighted by Crippen LogP contribution is 2.27. The predicted octanol–water partition coefficient (Wildman–Crippen LogP) is 5.40. The van der Waals surface area contributed by atoms with E-state index in [-0.39, 0.29) is 5.69 Å². The van der Waals surface area contributed by atoms with Gasteiger partial charge in [0.1, 0.15) is 0 Å². The number of aromatic nitrogens is 1. The van der Waals surface area contributed by atoms with E-state index in [9.17, 15) is 10.1 Å². The van der Waals surface area contributed by atoms with Gasteiger partial charge >= 0.3 is 0 Å². The molecular weight excluding hydrogens is 416 g/mol. The Bertz CT molecular complexity index is 1220. The molecule has 0 radical (unpaired) electrons. The first-order valence-electron chi connectivity index (χ1n) is 9.31. The number of nitrogens with one attached hydrogen (secondary N) is 2. The third-order valence-corrected chi connectivity index (χ3v) is 5.59. The summed E-state index contributed by atoms with van der Waals surface area (Å²) in [5.41, 5.74) is 2.65.